The number of carbonyl (C=O) groups is 4. The number of benzene rings is 2. The highest BCUT2D eigenvalue weighted by Crippen LogP contribution is 2.36. The fourth-order valence-electron chi connectivity index (χ4n) is 5.09. The second-order valence-electron chi connectivity index (χ2n) is 10.8. The number of rotatable bonds is 12. The number of ether oxygens (including phenoxy) is 3. The van der Waals surface area contributed by atoms with Gasteiger partial charge >= 0.3 is 11.9 Å². The van der Waals surface area contributed by atoms with E-state index < -0.39 is 47.9 Å². The van der Waals surface area contributed by atoms with E-state index in [0.717, 1.165) is 5.56 Å². The first kappa shape index (κ1) is 32.0. The van der Waals surface area contributed by atoms with Gasteiger partial charge in [-0.15, -0.1) is 0 Å². The molecule has 1 aliphatic carbocycles. The molecule has 0 spiro atoms. The Morgan fingerprint density at radius 2 is 1.75 bits per heavy atom. The van der Waals surface area contributed by atoms with Crippen LogP contribution in [0.2, 0.25) is 0 Å². The van der Waals surface area contributed by atoms with Gasteiger partial charge < -0.3 is 30.0 Å². The lowest BCUT2D eigenvalue weighted by Crippen LogP contribution is -2.48. The molecule has 1 heterocycles. The summed E-state index contributed by atoms with van der Waals surface area (Å²) in [5, 5.41) is 15.4. The highest BCUT2D eigenvalue weighted by molar-refractivity contribution is 6.03. The first-order chi connectivity index (χ1) is 21.1. The van der Waals surface area contributed by atoms with E-state index in [1.807, 2.05) is 36.4 Å². The number of amides is 2. The van der Waals surface area contributed by atoms with Crippen molar-refractivity contribution in [3.63, 3.8) is 0 Å². The molecule has 1 aliphatic rings. The van der Waals surface area contributed by atoms with Gasteiger partial charge in [0.05, 0.1) is 31.3 Å². The third kappa shape index (κ3) is 7.16. The summed E-state index contributed by atoms with van der Waals surface area (Å²) in [6, 6.07) is 14.7. The molecule has 0 saturated heterocycles. The minimum Gasteiger partial charge on any atom is -0.497 e. The Morgan fingerprint density at radius 3 is 2.36 bits per heavy atom. The number of methoxy groups -OCH3 is 2. The minimum atomic E-state index is -1.18. The number of pyridine rings is 1. The molecule has 2 amide bonds. The molecule has 0 aliphatic heterocycles. The molecule has 232 valence electrons. The number of nitrogens with zero attached hydrogens (tertiary/aromatic N) is 1. The number of nitrogens with one attached hydrogen (secondary N) is 2. The van der Waals surface area contributed by atoms with E-state index in [1.54, 1.807) is 52.2 Å². The zero-order valence-electron chi connectivity index (χ0n) is 25.3. The lowest BCUT2D eigenvalue weighted by atomic mass is 9.97. The zero-order chi connectivity index (χ0) is 32.0. The molecule has 3 aromatic rings. The first-order valence-electron chi connectivity index (χ1n) is 14.4. The Kier molecular flexibility index (Phi) is 10.2. The van der Waals surface area contributed by atoms with Gasteiger partial charge in [-0.3, -0.25) is 9.59 Å². The molecular weight excluding hydrogens is 566 g/mol. The summed E-state index contributed by atoms with van der Waals surface area (Å²) < 4.78 is 16.7. The topological polar surface area (TPSA) is 153 Å². The highest BCUT2D eigenvalue weighted by Gasteiger charge is 2.39. The predicted molar refractivity (Wildman–Crippen MR) is 163 cm³/mol. The Morgan fingerprint density at radius 1 is 1.02 bits per heavy atom. The van der Waals surface area contributed by atoms with Crippen LogP contribution < -0.4 is 20.1 Å². The van der Waals surface area contributed by atoms with Gasteiger partial charge in [-0.1, -0.05) is 51.1 Å². The summed E-state index contributed by atoms with van der Waals surface area (Å²) in [5.74, 6) is -3.29. The van der Waals surface area contributed by atoms with Gasteiger partial charge in [0.25, 0.3) is 0 Å². The van der Waals surface area contributed by atoms with Gasteiger partial charge in [-0.2, -0.15) is 0 Å². The monoisotopic (exact) mass is 603 g/mol. The first-order valence-corrected chi connectivity index (χ1v) is 14.4. The molecule has 0 bridgehead atoms. The molecule has 0 radical (unpaired) electrons. The van der Waals surface area contributed by atoms with Crippen molar-refractivity contribution in [3.8, 4) is 22.8 Å². The molecule has 44 heavy (non-hydrogen) atoms. The lowest BCUT2D eigenvalue weighted by molar-refractivity contribution is -0.146. The smallest absolute Gasteiger partial charge is 0.328 e. The van der Waals surface area contributed by atoms with Crippen LogP contribution >= 0.6 is 0 Å². The van der Waals surface area contributed by atoms with Crippen molar-refractivity contribution in [1.82, 2.24) is 15.6 Å². The Bertz CT molecular complexity index is 1570. The molecular formula is C33H37N3O8. The van der Waals surface area contributed by atoms with Crippen LogP contribution in [0, 0.1) is 11.8 Å². The summed E-state index contributed by atoms with van der Waals surface area (Å²) in [5.41, 5.74) is 2.22. The molecule has 0 fully saturated rings. The molecule has 0 saturated carbocycles. The summed E-state index contributed by atoms with van der Waals surface area (Å²) in [4.78, 5) is 55.8. The summed E-state index contributed by atoms with van der Waals surface area (Å²) in [6.45, 7) is 5.15. The summed E-state index contributed by atoms with van der Waals surface area (Å²) in [7, 11) is 2.80. The van der Waals surface area contributed by atoms with Crippen LogP contribution in [0.1, 0.15) is 33.6 Å². The largest absolute Gasteiger partial charge is 0.497 e. The van der Waals surface area contributed by atoms with Crippen LogP contribution in [0.15, 0.2) is 66.2 Å². The van der Waals surface area contributed by atoms with Crippen molar-refractivity contribution in [2.45, 2.75) is 51.8 Å². The molecule has 3 N–H and O–H groups in total. The fraction of sp³-hybridized carbons (Fsp3) is 0.364. The number of aromatic nitrogens is 1. The maximum absolute atomic E-state index is 13.5. The van der Waals surface area contributed by atoms with Crippen LogP contribution in [-0.2, 0) is 23.9 Å². The van der Waals surface area contributed by atoms with Crippen LogP contribution in [0.5, 0.6) is 11.5 Å². The van der Waals surface area contributed by atoms with Gasteiger partial charge in [-0.05, 0) is 30.5 Å². The average Bonchev–Trinajstić information content (AvgIpc) is 3.45. The maximum Gasteiger partial charge on any atom is 0.328 e. The summed E-state index contributed by atoms with van der Waals surface area (Å²) in [6.07, 6.45) is 1.04. The van der Waals surface area contributed by atoms with Crippen molar-refractivity contribution in [3.05, 3.63) is 66.2 Å². The van der Waals surface area contributed by atoms with Gasteiger partial charge in [0.1, 0.15) is 29.7 Å². The fourth-order valence-corrected chi connectivity index (χ4v) is 5.09. The molecule has 4 atom stereocenters. The SMILES string of the molecule is CC[C@H](NC(=O)[C@H]1C[C@H](Oc2cc(-c3ccccc3)nc3cc(OC)ccc23)C=C1C(=O)N[C@H](C(=O)OC)C(C)C)C(=O)O. The number of aliphatic carboxylic acids is 1. The quantitative estimate of drug-likeness (QED) is 0.262. The molecule has 11 heteroatoms. The maximum atomic E-state index is 13.5. The van der Waals surface area contributed by atoms with Crippen molar-refractivity contribution >= 4 is 34.7 Å². The van der Waals surface area contributed by atoms with E-state index in [1.165, 1.54) is 7.11 Å². The number of carboxylic acids is 1. The third-order valence-electron chi connectivity index (χ3n) is 7.55. The van der Waals surface area contributed by atoms with Gasteiger partial charge in [0.2, 0.25) is 11.8 Å². The number of hydrogen-bond acceptors (Lipinski definition) is 8. The minimum absolute atomic E-state index is 0.0653. The Labute approximate surface area is 255 Å². The number of carboxylic acid groups (broad SMARTS) is 1. The van der Waals surface area contributed by atoms with Crippen LogP contribution in [0.4, 0.5) is 0 Å². The van der Waals surface area contributed by atoms with Crippen LogP contribution in [0.3, 0.4) is 0 Å². The van der Waals surface area contributed by atoms with Gasteiger partial charge in [-0.25, -0.2) is 14.6 Å². The second-order valence-corrected chi connectivity index (χ2v) is 10.8. The molecule has 0 unspecified atom stereocenters. The van der Waals surface area contributed by atoms with E-state index >= 15 is 0 Å². The standard InChI is InChI=1S/C33H37N3O8/c1-6-25(32(39)40)35-30(37)23-14-21(15-24(23)31(38)36-29(18(2)3)33(41)43-5)44-28-17-26(19-10-8-7-9-11-19)34-27-16-20(42-4)12-13-22(27)28/h7-13,15-18,21,23,25,29H,6,14H2,1-5H3,(H,35,37)(H,36,38)(H,39,40)/t21-,23-,25-,29-/m0/s1. The van der Waals surface area contributed by atoms with E-state index in [9.17, 15) is 24.3 Å². The van der Waals surface area contributed by atoms with Crippen molar-refractivity contribution in [2.24, 2.45) is 11.8 Å². The van der Waals surface area contributed by atoms with E-state index in [2.05, 4.69) is 10.6 Å². The van der Waals surface area contributed by atoms with Crippen LogP contribution in [-0.4, -0.2) is 66.3 Å². The van der Waals surface area contributed by atoms with E-state index in [0.29, 0.717) is 28.1 Å². The van der Waals surface area contributed by atoms with E-state index in [-0.39, 0.29) is 24.3 Å². The molecule has 11 nitrogen and oxygen atoms in total. The van der Waals surface area contributed by atoms with Gasteiger partial charge in [0, 0.05) is 35.1 Å². The third-order valence-corrected chi connectivity index (χ3v) is 7.55. The highest BCUT2D eigenvalue weighted by atomic mass is 16.5. The number of esters is 1. The average molecular weight is 604 g/mol. The Hall–Kier alpha value is -4.93. The summed E-state index contributed by atoms with van der Waals surface area (Å²) >= 11 is 0. The van der Waals surface area contributed by atoms with Crippen molar-refractivity contribution in [1.29, 1.82) is 0 Å². The second kappa shape index (κ2) is 14.0. The molecule has 4 rings (SSSR count). The van der Waals surface area contributed by atoms with Crippen LogP contribution in [0.25, 0.3) is 22.2 Å². The zero-order valence-corrected chi connectivity index (χ0v) is 25.3. The number of hydrogen-bond donors (Lipinski definition) is 3. The number of fused-ring (bicyclic) bond motifs is 1. The molecule has 2 aromatic carbocycles. The lowest BCUT2D eigenvalue weighted by Gasteiger charge is -2.22. The van der Waals surface area contributed by atoms with Crippen molar-refractivity contribution in [2.75, 3.05) is 14.2 Å². The van der Waals surface area contributed by atoms with Crippen molar-refractivity contribution < 1.29 is 38.5 Å². The van der Waals surface area contributed by atoms with Gasteiger partial charge in [0.15, 0.2) is 0 Å². The van der Waals surface area contributed by atoms with E-state index in [4.69, 9.17) is 19.2 Å². The number of carbonyl (C=O) groups excluding carboxylic acids is 3. The predicted octanol–water partition coefficient (Wildman–Crippen LogP) is 3.90. The molecule has 1 aromatic heterocycles. The Balaban J connectivity index is 1.72. The normalized spacial score (nSPS) is 17.4.